The fraction of sp³-hybridized carbons (Fsp3) is 0.154. The number of hydrogen-bond donors (Lipinski definition) is 2. The molecule has 0 bridgehead atoms. The van der Waals surface area contributed by atoms with Crippen molar-refractivity contribution in [2.45, 2.75) is 6.54 Å². The molecule has 0 amide bonds. The van der Waals surface area contributed by atoms with Gasteiger partial charge in [0.2, 0.25) is 0 Å². The van der Waals surface area contributed by atoms with E-state index in [2.05, 4.69) is 15.0 Å². The second kappa shape index (κ2) is 6.55. The molecule has 0 saturated heterocycles. The van der Waals surface area contributed by atoms with Crippen LogP contribution in [0, 0.1) is 0 Å². The number of carboxylic acids is 1. The van der Waals surface area contributed by atoms with E-state index >= 15 is 0 Å². The maximum absolute atomic E-state index is 11.4. The molecule has 0 atom stereocenters. The number of carbonyl (C=O) groups is 2. The van der Waals surface area contributed by atoms with E-state index in [0.29, 0.717) is 16.7 Å². The van der Waals surface area contributed by atoms with Crippen molar-refractivity contribution in [3.8, 4) is 0 Å². The Morgan fingerprint density at radius 2 is 2.24 bits per heavy atom. The summed E-state index contributed by atoms with van der Waals surface area (Å²) < 4.78 is 4.99. The summed E-state index contributed by atoms with van der Waals surface area (Å²) in [5.41, 5.74) is 0.578. The number of nitrogens with zero attached hydrogens (tertiary/aromatic N) is 1. The number of benzene rings is 1. The third-order valence-corrected chi connectivity index (χ3v) is 3.76. The van der Waals surface area contributed by atoms with Crippen LogP contribution in [-0.4, -0.2) is 29.1 Å². The van der Waals surface area contributed by atoms with Crippen LogP contribution in [-0.2, 0) is 11.3 Å². The minimum atomic E-state index is -1.13. The Morgan fingerprint density at radius 1 is 1.48 bits per heavy atom. The van der Waals surface area contributed by atoms with E-state index in [1.165, 1.54) is 36.6 Å². The van der Waals surface area contributed by atoms with Crippen molar-refractivity contribution >= 4 is 40.6 Å². The highest BCUT2D eigenvalue weighted by Crippen LogP contribution is 2.22. The van der Waals surface area contributed by atoms with E-state index in [-0.39, 0.29) is 11.1 Å². The molecule has 8 heteroatoms. The second-order valence-electron chi connectivity index (χ2n) is 3.99. The predicted octanol–water partition coefficient (Wildman–Crippen LogP) is 2.89. The van der Waals surface area contributed by atoms with E-state index in [9.17, 15) is 14.7 Å². The SMILES string of the molecule is COC(=O)c1ccc(NCc2cnc(Cl)s2)c(C(=O)O)c1. The van der Waals surface area contributed by atoms with E-state index in [1.54, 1.807) is 6.20 Å². The first kappa shape index (κ1) is 15.3. The number of methoxy groups -OCH3 is 1. The van der Waals surface area contributed by atoms with Crippen molar-refractivity contribution in [1.82, 2.24) is 4.98 Å². The molecule has 0 fully saturated rings. The van der Waals surface area contributed by atoms with Crippen LogP contribution in [0.25, 0.3) is 0 Å². The van der Waals surface area contributed by atoms with Gasteiger partial charge >= 0.3 is 11.9 Å². The molecule has 21 heavy (non-hydrogen) atoms. The molecular formula is C13H11ClN2O4S. The highest BCUT2D eigenvalue weighted by atomic mass is 35.5. The molecular weight excluding hydrogens is 316 g/mol. The number of aromatic carboxylic acids is 1. The van der Waals surface area contributed by atoms with Crippen LogP contribution < -0.4 is 5.32 Å². The Balaban J connectivity index is 2.22. The first-order chi connectivity index (χ1) is 10.0. The quantitative estimate of drug-likeness (QED) is 0.821. The third-order valence-electron chi connectivity index (χ3n) is 2.65. The van der Waals surface area contributed by atoms with Gasteiger partial charge in [-0.05, 0) is 18.2 Å². The van der Waals surface area contributed by atoms with Gasteiger partial charge in [0.05, 0.1) is 24.8 Å². The Kier molecular flexibility index (Phi) is 4.77. The number of aromatic nitrogens is 1. The number of esters is 1. The first-order valence-corrected chi connectivity index (χ1v) is 7.00. The minimum absolute atomic E-state index is 0.00601. The first-order valence-electron chi connectivity index (χ1n) is 5.81. The summed E-state index contributed by atoms with van der Waals surface area (Å²) in [6.45, 7) is 0.391. The Hall–Kier alpha value is -2.12. The third kappa shape index (κ3) is 3.71. The Morgan fingerprint density at radius 3 is 2.81 bits per heavy atom. The molecule has 2 rings (SSSR count). The summed E-state index contributed by atoms with van der Waals surface area (Å²) in [6, 6.07) is 4.30. The number of ether oxygens (including phenoxy) is 1. The highest BCUT2D eigenvalue weighted by molar-refractivity contribution is 7.15. The lowest BCUT2D eigenvalue weighted by Crippen LogP contribution is -2.09. The van der Waals surface area contributed by atoms with Gasteiger partial charge in [0.15, 0.2) is 4.47 Å². The molecule has 0 spiro atoms. The lowest BCUT2D eigenvalue weighted by atomic mass is 10.1. The number of hydrogen-bond acceptors (Lipinski definition) is 6. The predicted molar refractivity (Wildman–Crippen MR) is 79.2 cm³/mol. The normalized spacial score (nSPS) is 10.2. The molecule has 1 heterocycles. The van der Waals surface area contributed by atoms with Crippen LogP contribution in [0.2, 0.25) is 4.47 Å². The van der Waals surface area contributed by atoms with Crippen molar-refractivity contribution in [3.63, 3.8) is 0 Å². The second-order valence-corrected chi connectivity index (χ2v) is 5.69. The topological polar surface area (TPSA) is 88.5 Å². The molecule has 0 aliphatic heterocycles. The van der Waals surface area contributed by atoms with E-state index in [4.69, 9.17) is 11.6 Å². The summed E-state index contributed by atoms with van der Waals surface area (Å²) in [7, 11) is 1.24. The fourth-order valence-electron chi connectivity index (χ4n) is 1.67. The van der Waals surface area contributed by atoms with E-state index in [1.807, 2.05) is 0 Å². The number of rotatable bonds is 5. The average molecular weight is 327 g/mol. The molecule has 0 saturated carbocycles. The average Bonchev–Trinajstić information content (AvgIpc) is 2.89. The maximum Gasteiger partial charge on any atom is 0.337 e. The fourth-order valence-corrected chi connectivity index (χ4v) is 2.59. The molecule has 1 aromatic carbocycles. The van der Waals surface area contributed by atoms with Gasteiger partial charge in [-0.2, -0.15) is 0 Å². The monoisotopic (exact) mass is 326 g/mol. The molecule has 0 aliphatic rings. The summed E-state index contributed by atoms with van der Waals surface area (Å²) in [5, 5.41) is 12.2. The van der Waals surface area contributed by atoms with Crippen molar-refractivity contribution in [2.24, 2.45) is 0 Å². The number of thiazole rings is 1. The molecule has 0 aliphatic carbocycles. The zero-order chi connectivity index (χ0) is 15.4. The smallest absolute Gasteiger partial charge is 0.337 e. The number of halogens is 1. The minimum Gasteiger partial charge on any atom is -0.478 e. The summed E-state index contributed by atoms with van der Waals surface area (Å²) in [6.07, 6.45) is 1.61. The molecule has 110 valence electrons. The molecule has 0 radical (unpaired) electrons. The van der Waals surface area contributed by atoms with E-state index < -0.39 is 11.9 Å². The highest BCUT2D eigenvalue weighted by Gasteiger charge is 2.15. The van der Waals surface area contributed by atoms with Gasteiger partial charge in [-0.3, -0.25) is 0 Å². The molecule has 0 unspecified atom stereocenters. The van der Waals surface area contributed by atoms with Gasteiger partial charge in [0.25, 0.3) is 0 Å². The summed E-state index contributed by atoms with van der Waals surface area (Å²) in [4.78, 5) is 27.5. The standard InChI is InChI=1S/C13H11ClN2O4S/c1-20-12(19)7-2-3-10(9(4-7)11(17)18)15-5-8-6-16-13(14)21-8/h2-4,6,15H,5H2,1H3,(H,17,18). The van der Waals surface area contributed by atoms with Crippen LogP contribution in [0.4, 0.5) is 5.69 Å². The lowest BCUT2D eigenvalue weighted by Gasteiger charge is -2.10. The van der Waals surface area contributed by atoms with Crippen LogP contribution in [0.15, 0.2) is 24.4 Å². The largest absolute Gasteiger partial charge is 0.478 e. The molecule has 2 aromatic rings. The van der Waals surface area contributed by atoms with Crippen LogP contribution in [0.5, 0.6) is 0 Å². The van der Waals surface area contributed by atoms with Gasteiger partial charge in [-0.15, -0.1) is 11.3 Å². The molecule has 6 nitrogen and oxygen atoms in total. The van der Waals surface area contributed by atoms with Gasteiger partial charge in [-0.25, -0.2) is 14.6 Å². The van der Waals surface area contributed by atoms with Gasteiger partial charge < -0.3 is 15.2 Å². The summed E-state index contributed by atoms with van der Waals surface area (Å²) in [5.74, 6) is -1.72. The zero-order valence-corrected chi connectivity index (χ0v) is 12.5. The molecule has 2 N–H and O–H groups in total. The lowest BCUT2D eigenvalue weighted by molar-refractivity contribution is 0.0601. The van der Waals surface area contributed by atoms with Gasteiger partial charge in [-0.1, -0.05) is 11.6 Å². The van der Waals surface area contributed by atoms with Gasteiger partial charge in [0.1, 0.15) is 0 Å². The van der Waals surface area contributed by atoms with Crippen molar-refractivity contribution in [2.75, 3.05) is 12.4 Å². The van der Waals surface area contributed by atoms with E-state index in [0.717, 1.165) is 4.88 Å². The van der Waals surface area contributed by atoms with Crippen LogP contribution in [0.3, 0.4) is 0 Å². The number of anilines is 1. The van der Waals surface area contributed by atoms with Crippen LogP contribution in [0.1, 0.15) is 25.6 Å². The zero-order valence-electron chi connectivity index (χ0n) is 10.9. The number of carboxylic acid groups (broad SMARTS) is 1. The number of carbonyl (C=O) groups excluding carboxylic acids is 1. The van der Waals surface area contributed by atoms with Gasteiger partial charge in [0, 0.05) is 16.8 Å². The molecule has 1 aromatic heterocycles. The van der Waals surface area contributed by atoms with Crippen molar-refractivity contribution < 1.29 is 19.4 Å². The van der Waals surface area contributed by atoms with Crippen molar-refractivity contribution in [3.05, 3.63) is 44.9 Å². The number of nitrogens with one attached hydrogen (secondary N) is 1. The maximum atomic E-state index is 11.4. The Labute approximate surface area is 129 Å². The Bertz CT molecular complexity index is 687. The van der Waals surface area contributed by atoms with Crippen LogP contribution >= 0.6 is 22.9 Å². The summed E-state index contributed by atoms with van der Waals surface area (Å²) >= 11 is 7.03. The van der Waals surface area contributed by atoms with Crippen molar-refractivity contribution in [1.29, 1.82) is 0 Å².